The Morgan fingerprint density at radius 3 is 2.38 bits per heavy atom. The highest BCUT2D eigenvalue weighted by molar-refractivity contribution is 7.92. The largest absolute Gasteiger partial charge is 0.351 e. The van der Waals surface area contributed by atoms with Crippen LogP contribution in [0.3, 0.4) is 0 Å². The van der Waals surface area contributed by atoms with Crippen LogP contribution in [-0.2, 0) is 21.2 Å². The summed E-state index contributed by atoms with van der Waals surface area (Å²) in [5.41, 5.74) is 2.81. The number of anilines is 1. The summed E-state index contributed by atoms with van der Waals surface area (Å²) in [5.74, 6) is -0.310. The molecule has 0 saturated carbocycles. The Bertz CT molecular complexity index is 951. The van der Waals surface area contributed by atoms with Gasteiger partial charge in [-0.2, -0.15) is 0 Å². The first-order valence-corrected chi connectivity index (χ1v) is 11.6. The van der Waals surface area contributed by atoms with Gasteiger partial charge in [0.15, 0.2) is 0 Å². The Labute approximate surface area is 173 Å². The third-order valence-corrected chi connectivity index (χ3v) is 6.94. The molecule has 2 aromatic carbocycles. The van der Waals surface area contributed by atoms with Gasteiger partial charge in [-0.1, -0.05) is 48.9 Å². The highest BCUT2D eigenvalue weighted by Crippen LogP contribution is 2.24. The van der Waals surface area contributed by atoms with Gasteiger partial charge in [0.25, 0.3) is 10.0 Å². The Morgan fingerprint density at radius 1 is 1.03 bits per heavy atom. The molecule has 0 aliphatic heterocycles. The van der Waals surface area contributed by atoms with E-state index >= 15 is 0 Å². The van der Waals surface area contributed by atoms with Crippen LogP contribution in [-0.4, -0.2) is 27.4 Å². The van der Waals surface area contributed by atoms with Gasteiger partial charge in [0.2, 0.25) is 5.91 Å². The first-order valence-electron chi connectivity index (χ1n) is 10.1. The van der Waals surface area contributed by atoms with Crippen LogP contribution >= 0.6 is 0 Å². The van der Waals surface area contributed by atoms with Crippen molar-refractivity contribution in [3.8, 4) is 0 Å². The molecule has 0 heterocycles. The molecule has 2 aromatic rings. The molecule has 3 rings (SSSR count). The third kappa shape index (κ3) is 5.48. The van der Waals surface area contributed by atoms with E-state index in [1.165, 1.54) is 16.3 Å². The first-order chi connectivity index (χ1) is 14.0. The predicted octanol–water partition coefficient (Wildman–Crippen LogP) is 4.06. The molecule has 0 aromatic heterocycles. The molecule has 0 spiro atoms. The van der Waals surface area contributed by atoms with Crippen molar-refractivity contribution in [1.82, 2.24) is 5.32 Å². The molecule has 0 saturated heterocycles. The van der Waals surface area contributed by atoms with E-state index in [-0.39, 0.29) is 17.3 Å². The summed E-state index contributed by atoms with van der Waals surface area (Å²) >= 11 is 0. The summed E-state index contributed by atoms with van der Waals surface area (Å²) < 4.78 is 27.7. The molecule has 1 amide bonds. The molecule has 6 heteroatoms. The smallest absolute Gasteiger partial charge is 0.264 e. The van der Waals surface area contributed by atoms with E-state index < -0.39 is 10.0 Å². The minimum Gasteiger partial charge on any atom is -0.351 e. The van der Waals surface area contributed by atoms with Crippen molar-refractivity contribution >= 4 is 21.6 Å². The van der Waals surface area contributed by atoms with Gasteiger partial charge in [0, 0.05) is 6.54 Å². The third-order valence-electron chi connectivity index (χ3n) is 5.15. The van der Waals surface area contributed by atoms with E-state index in [1.54, 1.807) is 42.5 Å². The van der Waals surface area contributed by atoms with Crippen LogP contribution in [0.15, 0.2) is 71.1 Å². The van der Waals surface area contributed by atoms with Crippen molar-refractivity contribution in [2.45, 2.75) is 43.9 Å². The van der Waals surface area contributed by atoms with Gasteiger partial charge in [-0.15, -0.1) is 0 Å². The number of aryl methyl sites for hydroxylation is 1. The average Bonchev–Trinajstić information content (AvgIpc) is 2.77. The predicted molar refractivity (Wildman–Crippen MR) is 116 cm³/mol. The average molecular weight is 413 g/mol. The summed E-state index contributed by atoms with van der Waals surface area (Å²) in [7, 11) is -3.85. The molecule has 0 radical (unpaired) electrons. The SMILES string of the molecule is CCc1ccc(N(CC(=O)NCC2=CCCCC2)S(=O)(=O)c2ccccc2)cc1. The van der Waals surface area contributed by atoms with Crippen LogP contribution in [0.1, 0.15) is 38.2 Å². The maximum atomic E-state index is 13.3. The number of benzene rings is 2. The molecule has 1 N–H and O–H groups in total. The minimum atomic E-state index is -3.85. The van der Waals surface area contributed by atoms with Gasteiger partial charge < -0.3 is 5.32 Å². The zero-order valence-electron chi connectivity index (χ0n) is 16.8. The first kappa shape index (κ1) is 21.1. The zero-order chi connectivity index (χ0) is 20.7. The van der Waals surface area contributed by atoms with E-state index in [9.17, 15) is 13.2 Å². The summed E-state index contributed by atoms with van der Waals surface area (Å²) in [6.07, 6.45) is 7.40. The highest BCUT2D eigenvalue weighted by Gasteiger charge is 2.27. The maximum Gasteiger partial charge on any atom is 0.264 e. The second-order valence-corrected chi connectivity index (χ2v) is 9.09. The molecular formula is C23H28N2O3S. The summed E-state index contributed by atoms with van der Waals surface area (Å²) in [5, 5.41) is 2.89. The Morgan fingerprint density at radius 2 is 1.76 bits per heavy atom. The minimum absolute atomic E-state index is 0.169. The molecule has 0 unspecified atom stereocenters. The topological polar surface area (TPSA) is 66.5 Å². The summed E-state index contributed by atoms with van der Waals surface area (Å²) in [4.78, 5) is 12.8. The van der Waals surface area contributed by atoms with Gasteiger partial charge in [-0.3, -0.25) is 9.10 Å². The number of hydrogen-bond donors (Lipinski definition) is 1. The van der Waals surface area contributed by atoms with E-state index in [2.05, 4.69) is 11.4 Å². The fourth-order valence-electron chi connectivity index (χ4n) is 3.40. The molecule has 0 atom stereocenters. The van der Waals surface area contributed by atoms with Crippen LogP contribution in [0, 0.1) is 0 Å². The fraction of sp³-hybridized carbons (Fsp3) is 0.348. The molecular weight excluding hydrogens is 384 g/mol. The molecule has 1 aliphatic rings. The lowest BCUT2D eigenvalue weighted by Crippen LogP contribution is -2.41. The maximum absolute atomic E-state index is 13.3. The number of carbonyl (C=O) groups excluding carboxylic acids is 1. The Balaban J connectivity index is 1.82. The Kier molecular flexibility index (Phi) is 7.09. The van der Waals surface area contributed by atoms with Crippen LogP contribution in [0.5, 0.6) is 0 Å². The molecule has 0 fully saturated rings. The number of sulfonamides is 1. The molecule has 0 bridgehead atoms. The van der Waals surface area contributed by atoms with Crippen LogP contribution in [0.25, 0.3) is 0 Å². The number of carbonyl (C=O) groups is 1. The van der Waals surface area contributed by atoms with Crippen molar-refractivity contribution in [2.24, 2.45) is 0 Å². The van der Waals surface area contributed by atoms with Crippen molar-refractivity contribution < 1.29 is 13.2 Å². The van der Waals surface area contributed by atoms with Gasteiger partial charge in [-0.05, 0) is 61.9 Å². The standard InChI is InChI=1S/C23H28N2O3S/c1-2-19-13-15-21(16-14-19)25(29(27,28)22-11-7-4-8-12-22)18-23(26)24-17-20-9-5-3-6-10-20/h4,7-9,11-16H,2-3,5-6,10,17-18H2,1H3,(H,24,26). The van der Waals surface area contributed by atoms with Crippen LogP contribution in [0.4, 0.5) is 5.69 Å². The normalized spacial score (nSPS) is 14.2. The lowest BCUT2D eigenvalue weighted by Gasteiger charge is -2.24. The molecule has 1 aliphatic carbocycles. The highest BCUT2D eigenvalue weighted by atomic mass is 32.2. The second-order valence-electron chi connectivity index (χ2n) is 7.23. The number of allylic oxidation sites excluding steroid dienone is 1. The van der Waals surface area contributed by atoms with Crippen molar-refractivity contribution in [3.05, 3.63) is 71.8 Å². The van der Waals surface area contributed by atoms with Crippen LogP contribution in [0.2, 0.25) is 0 Å². The number of rotatable bonds is 8. The van der Waals surface area contributed by atoms with Crippen molar-refractivity contribution in [3.63, 3.8) is 0 Å². The van der Waals surface area contributed by atoms with E-state index in [0.29, 0.717) is 12.2 Å². The number of amides is 1. The van der Waals surface area contributed by atoms with Gasteiger partial charge >= 0.3 is 0 Å². The second kappa shape index (κ2) is 9.74. The van der Waals surface area contributed by atoms with Gasteiger partial charge in [0.05, 0.1) is 10.6 Å². The lowest BCUT2D eigenvalue weighted by molar-refractivity contribution is -0.119. The number of nitrogens with one attached hydrogen (secondary N) is 1. The Hall–Kier alpha value is -2.60. The molecule has 29 heavy (non-hydrogen) atoms. The monoisotopic (exact) mass is 412 g/mol. The van der Waals surface area contributed by atoms with Gasteiger partial charge in [-0.25, -0.2) is 8.42 Å². The zero-order valence-corrected chi connectivity index (χ0v) is 17.6. The van der Waals surface area contributed by atoms with Crippen molar-refractivity contribution in [1.29, 1.82) is 0 Å². The molecule has 5 nitrogen and oxygen atoms in total. The van der Waals surface area contributed by atoms with Gasteiger partial charge in [0.1, 0.15) is 6.54 Å². The van der Waals surface area contributed by atoms with Crippen molar-refractivity contribution in [2.75, 3.05) is 17.4 Å². The summed E-state index contributed by atoms with van der Waals surface area (Å²) in [6.45, 7) is 2.27. The number of nitrogens with zero attached hydrogens (tertiary/aromatic N) is 1. The van der Waals surface area contributed by atoms with E-state index in [4.69, 9.17) is 0 Å². The molecule has 154 valence electrons. The van der Waals surface area contributed by atoms with E-state index in [0.717, 1.165) is 31.2 Å². The summed E-state index contributed by atoms with van der Waals surface area (Å²) in [6, 6.07) is 15.5. The lowest BCUT2D eigenvalue weighted by atomic mass is 10.00. The number of hydrogen-bond acceptors (Lipinski definition) is 3. The van der Waals surface area contributed by atoms with E-state index in [1.807, 2.05) is 19.1 Å². The quantitative estimate of drug-likeness (QED) is 0.665. The fourth-order valence-corrected chi connectivity index (χ4v) is 4.84. The van der Waals surface area contributed by atoms with Crippen LogP contribution < -0.4 is 9.62 Å².